The van der Waals surface area contributed by atoms with Crippen LogP contribution in [0.15, 0.2) is 48.0 Å². The van der Waals surface area contributed by atoms with Crippen LogP contribution in [0.3, 0.4) is 0 Å². The first kappa shape index (κ1) is 18.2. The van der Waals surface area contributed by atoms with Gasteiger partial charge in [0, 0.05) is 12.1 Å². The fraction of sp³-hybridized carbons (Fsp3) is 0.318. The molecule has 3 rings (SSSR count). The van der Waals surface area contributed by atoms with E-state index in [-0.39, 0.29) is 6.42 Å². The van der Waals surface area contributed by atoms with Gasteiger partial charge in [-0.2, -0.15) is 0 Å². The number of aliphatic carboxylic acids is 1. The van der Waals surface area contributed by atoms with Gasteiger partial charge in [0.2, 0.25) is 0 Å². The Morgan fingerprint density at radius 2 is 1.92 bits per heavy atom. The molecular weight excluding hydrogens is 326 g/mol. The van der Waals surface area contributed by atoms with Crippen molar-refractivity contribution < 1.29 is 14.6 Å². The van der Waals surface area contributed by atoms with Crippen molar-refractivity contribution in [1.29, 1.82) is 0 Å². The van der Waals surface area contributed by atoms with Crippen molar-refractivity contribution in [3.8, 4) is 5.75 Å². The van der Waals surface area contributed by atoms with E-state index in [2.05, 4.69) is 38.1 Å². The second-order valence-corrected chi connectivity index (χ2v) is 7.06. The number of hydrogen-bond donors (Lipinski definition) is 1. The molecule has 26 heavy (non-hydrogen) atoms. The van der Waals surface area contributed by atoms with Gasteiger partial charge in [0.15, 0.2) is 0 Å². The Morgan fingerprint density at radius 1 is 1.15 bits per heavy atom. The molecule has 0 unspecified atom stereocenters. The van der Waals surface area contributed by atoms with Gasteiger partial charge in [0.05, 0.1) is 6.42 Å². The summed E-state index contributed by atoms with van der Waals surface area (Å²) >= 11 is 0. The Hall–Kier alpha value is -2.59. The van der Waals surface area contributed by atoms with E-state index >= 15 is 0 Å². The summed E-state index contributed by atoms with van der Waals surface area (Å²) in [7, 11) is 4.14. The highest BCUT2D eigenvalue weighted by atomic mass is 16.5. The van der Waals surface area contributed by atoms with E-state index in [0.717, 1.165) is 35.4 Å². The molecule has 0 radical (unpaired) electrons. The van der Waals surface area contributed by atoms with Crippen molar-refractivity contribution in [1.82, 2.24) is 4.90 Å². The number of ether oxygens (including phenoxy) is 1. The molecule has 0 aliphatic carbocycles. The molecule has 0 fully saturated rings. The maximum atomic E-state index is 11.1. The average Bonchev–Trinajstić information content (AvgIpc) is 2.75. The van der Waals surface area contributed by atoms with Crippen LogP contribution in [0.25, 0.3) is 5.57 Å². The molecule has 0 saturated heterocycles. The number of rotatable bonds is 5. The van der Waals surface area contributed by atoms with Crippen molar-refractivity contribution in [2.75, 3.05) is 20.6 Å². The quantitative estimate of drug-likeness (QED) is 0.885. The zero-order valence-corrected chi connectivity index (χ0v) is 15.6. The second kappa shape index (κ2) is 7.75. The lowest BCUT2D eigenvalue weighted by Crippen LogP contribution is -2.13. The maximum absolute atomic E-state index is 11.1. The lowest BCUT2D eigenvalue weighted by atomic mass is 9.88. The first-order chi connectivity index (χ1) is 12.5. The van der Waals surface area contributed by atoms with Gasteiger partial charge < -0.3 is 14.7 Å². The third kappa shape index (κ3) is 3.97. The summed E-state index contributed by atoms with van der Waals surface area (Å²) < 4.78 is 6.05. The SMILES string of the molecule is C/C(CCN(C)C)=C1/c2ccccc2COc2ccc(CC(=O)O)cc21. The van der Waals surface area contributed by atoms with Crippen molar-refractivity contribution >= 4 is 11.5 Å². The Labute approximate surface area is 154 Å². The summed E-state index contributed by atoms with van der Waals surface area (Å²) in [5.41, 5.74) is 6.56. The van der Waals surface area contributed by atoms with Gasteiger partial charge in [-0.05, 0) is 61.8 Å². The summed E-state index contributed by atoms with van der Waals surface area (Å²) in [6, 6.07) is 14.0. The van der Waals surface area contributed by atoms with Gasteiger partial charge >= 0.3 is 5.97 Å². The summed E-state index contributed by atoms with van der Waals surface area (Å²) in [5.74, 6) is -0.00992. The zero-order valence-electron chi connectivity index (χ0n) is 15.6. The van der Waals surface area contributed by atoms with Crippen LogP contribution in [-0.4, -0.2) is 36.6 Å². The molecule has 4 nitrogen and oxygen atoms in total. The molecule has 136 valence electrons. The molecule has 0 amide bonds. The third-order valence-corrected chi connectivity index (χ3v) is 4.70. The topological polar surface area (TPSA) is 49.8 Å². The van der Waals surface area contributed by atoms with Crippen LogP contribution in [0.2, 0.25) is 0 Å². The summed E-state index contributed by atoms with van der Waals surface area (Å²) in [5, 5.41) is 9.16. The molecule has 2 aromatic rings. The Kier molecular flexibility index (Phi) is 5.43. The monoisotopic (exact) mass is 351 g/mol. The van der Waals surface area contributed by atoms with Crippen LogP contribution in [0.1, 0.15) is 35.6 Å². The Balaban J connectivity index is 2.16. The van der Waals surface area contributed by atoms with E-state index in [1.807, 2.05) is 30.3 Å². The van der Waals surface area contributed by atoms with Gasteiger partial charge in [-0.15, -0.1) is 0 Å². The van der Waals surface area contributed by atoms with E-state index in [4.69, 9.17) is 9.84 Å². The van der Waals surface area contributed by atoms with Crippen LogP contribution in [0, 0.1) is 0 Å². The number of nitrogens with zero attached hydrogens (tertiary/aromatic N) is 1. The van der Waals surface area contributed by atoms with Crippen LogP contribution in [-0.2, 0) is 17.8 Å². The zero-order chi connectivity index (χ0) is 18.7. The normalized spacial score (nSPS) is 14.9. The predicted molar refractivity (Wildman–Crippen MR) is 103 cm³/mol. The molecule has 0 bridgehead atoms. The lowest BCUT2D eigenvalue weighted by molar-refractivity contribution is -0.136. The van der Waals surface area contributed by atoms with Gasteiger partial charge in [-0.3, -0.25) is 4.79 Å². The second-order valence-electron chi connectivity index (χ2n) is 7.06. The van der Waals surface area contributed by atoms with E-state index in [1.165, 1.54) is 16.7 Å². The van der Waals surface area contributed by atoms with Crippen LogP contribution in [0.4, 0.5) is 0 Å². The maximum Gasteiger partial charge on any atom is 0.307 e. The summed E-state index contributed by atoms with van der Waals surface area (Å²) in [4.78, 5) is 13.3. The molecule has 4 heteroatoms. The molecule has 0 spiro atoms. The molecule has 1 aliphatic heterocycles. The third-order valence-electron chi connectivity index (χ3n) is 4.70. The number of benzene rings is 2. The first-order valence-electron chi connectivity index (χ1n) is 8.86. The fourth-order valence-electron chi connectivity index (χ4n) is 3.35. The minimum atomic E-state index is -0.824. The highest BCUT2D eigenvalue weighted by molar-refractivity contribution is 5.87. The number of carboxylic acids is 1. The number of hydrogen-bond acceptors (Lipinski definition) is 3. The molecule has 0 aromatic heterocycles. The molecule has 0 saturated carbocycles. The van der Waals surface area contributed by atoms with Crippen molar-refractivity contribution in [2.24, 2.45) is 0 Å². The number of carbonyl (C=O) groups is 1. The highest BCUT2D eigenvalue weighted by Gasteiger charge is 2.21. The van der Waals surface area contributed by atoms with E-state index in [0.29, 0.717) is 6.61 Å². The van der Waals surface area contributed by atoms with Crippen LogP contribution in [0.5, 0.6) is 5.75 Å². The summed E-state index contributed by atoms with van der Waals surface area (Å²) in [6.07, 6.45) is 0.957. The minimum Gasteiger partial charge on any atom is -0.488 e. The fourth-order valence-corrected chi connectivity index (χ4v) is 3.35. The van der Waals surface area contributed by atoms with Gasteiger partial charge in [-0.1, -0.05) is 35.9 Å². The van der Waals surface area contributed by atoms with E-state index < -0.39 is 5.97 Å². The highest BCUT2D eigenvalue weighted by Crippen LogP contribution is 2.39. The van der Waals surface area contributed by atoms with E-state index in [1.54, 1.807) is 0 Å². The molecule has 2 aromatic carbocycles. The van der Waals surface area contributed by atoms with Gasteiger partial charge in [0.25, 0.3) is 0 Å². The number of carboxylic acid groups (broad SMARTS) is 1. The standard InChI is InChI=1S/C22H25NO3/c1-15(10-11-23(2)3)22-18-7-5-4-6-17(18)14-26-20-9-8-16(12-19(20)22)13-21(24)25/h4-9,12H,10-11,13-14H2,1-3H3,(H,24,25)/b22-15+. The van der Waals surface area contributed by atoms with Gasteiger partial charge in [-0.25, -0.2) is 0 Å². The first-order valence-corrected chi connectivity index (χ1v) is 8.86. The predicted octanol–water partition coefficient (Wildman–Crippen LogP) is 3.98. The smallest absolute Gasteiger partial charge is 0.307 e. The van der Waals surface area contributed by atoms with Crippen LogP contribution < -0.4 is 4.74 Å². The van der Waals surface area contributed by atoms with Gasteiger partial charge in [0.1, 0.15) is 12.4 Å². The Bertz CT molecular complexity index is 852. The Morgan fingerprint density at radius 3 is 2.65 bits per heavy atom. The average molecular weight is 351 g/mol. The molecule has 0 atom stereocenters. The summed E-state index contributed by atoms with van der Waals surface area (Å²) in [6.45, 7) is 3.64. The largest absolute Gasteiger partial charge is 0.488 e. The van der Waals surface area contributed by atoms with Crippen molar-refractivity contribution in [3.63, 3.8) is 0 Å². The lowest BCUT2D eigenvalue weighted by Gasteiger charge is -2.17. The van der Waals surface area contributed by atoms with Crippen molar-refractivity contribution in [3.05, 3.63) is 70.3 Å². The minimum absolute atomic E-state index is 0.0128. The molecule has 1 heterocycles. The van der Waals surface area contributed by atoms with E-state index in [9.17, 15) is 4.79 Å². The van der Waals surface area contributed by atoms with Crippen molar-refractivity contribution in [2.45, 2.75) is 26.4 Å². The number of fused-ring (bicyclic) bond motifs is 2. The molecule has 1 N–H and O–H groups in total. The van der Waals surface area contributed by atoms with Crippen LogP contribution >= 0.6 is 0 Å². The molecule has 1 aliphatic rings. The molecular formula is C22H25NO3.